The number of piperidine rings is 1. The topological polar surface area (TPSA) is 94.6 Å². The number of methoxy groups -OCH3 is 4. The number of benzene rings is 1. The number of fused-ring (bicyclic) bond motifs is 1. The molecular weight excluding hydrogens is 440 g/mol. The molecule has 2 saturated heterocycles. The lowest BCUT2D eigenvalue weighted by Crippen LogP contribution is -2.78. The van der Waals surface area contributed by atoms with E-state index in [0.717, 1.165) is 24.9 Å². The molecule has 5 atom stereocenters. The number of esters is 1. The largest absolute Gasteiger partial charge is 0.493 e. The molecule has 34 heavy (non-hydrogen) atoms. The van der Waals surface area contributed by atoms with Crippen molar-refractivity contribution in [2.24, 2.45) is 11.3 Å². The van der Waals surface area contributed by atoms with Gasteiger partial charge in [0.1, 0.15) is 5.78 Å². The summed E-state index contributed by atoms with van der Waals surface area (Å²) in [6.07, 6.45) is 2.86. The lowest BCUT2D eigenvalue weighted by atomic mass is 9.41. The van der Waals surface area contributed by atoms with Crippen LogP contribution in [0, 0.1) is 11.3 Å². The minimum Gasteiger partial charge on any atom is -0.493 e. The maximum atomic E-state index is 14.0. The van der Waals surface area contributed by atoms with Crippen molar-refractivity contribution >= 4 is 23.5 Å². The molecule has 1 spiro atoms. The summed E-state index contributed by atoms with van der Waals surface area (Å²) in [7, 11) is 5.69. The molecule has 5 aliphatic rings. The van der Waals surface area contributed by atoms with Gasteiger partial charge in [0.25, 0.3) is 0 Å². The standard InChI is InChI=1S/C25H30N2O7/c1-31-17-7-6-14-18(19(17)32-2)27(22(30)34-4)24(21(29)33-3)10-9-23-8-5-11-26-13-15(16(28)12-23)25(14,24)20(23)26/h6-7,15,20H,5,8-13H2,1-4H3/t15?,20-,23?,24+,25-/m0/s1. The third-order valence-corrected chi connectivity index (χ3v) is 9.50. The fraction of sp³-hybridized carbons (Fsp3) is 0.640. The zero-order valence-electron chi connectivity index (χ0n) is 20.0. The van der Waals surface area contributed by atoms with Gasteiger partial charge in [0.15, 0.2) is 17.0 Å². The Morgan fingerprint density at radius 2 is 1.82 bits per heavy atom. The van der Waals surface area contributed by atoms with E-state index < -0.39 is 28.9 Å². The summed E-state index contributed by atoms with van der Waals surface area (Å²) in [4.78, 5) is 45.2. The van der Waals surface area contributed by atoms with E-state index in [0.29, 0.717) is 43.0 Å². The van der Waals surface area contributed by atoms with Crippen LogP contribution in [-0.2, 0) is 24.5 Å². The smallest absolute Gasteiger partial charge is 0.415 e. The van der Waals surface area contributed by atoms with Crippen LogP contribution in [0.1, 0.15) is 37.7 Å². The second-order valence-electron chi connectivity index (χ2n) is 10.3. The van der Waals surface area contributed by atoms with Crippen LogP contribution in [0.25, 0.3) is 0 Å². The van der Waals surface area contributed by atoms with Gasteiger partial charge < -0.3 is 18.9 Å². The van der Waals surface area contributed by atoms with Gasteiger partial charge in [-0.15, -0.1) is 0 Å². The highest BCUT2D eigenvalue weighted by Crippen LogP contribution is 2.75. The van der Waals surface area contributed by atoms with Gasteiger partial charge in [0, 0.05) is 24.9 Å². The number of anilines is 1. The predicted molar refractivity (Wildman–Crippen MR) is 120 cm³/mol. The van der Waals surface area contributed by atoms with E-state index in [9.17, 15) is 14.4 Å². The van der Waals surface area contributed by atoms with Crippen molar-refractivity contribution in [1.29, 1.82) is 0 Å². The van der Waals surface area contributed by atoms with Crippen molar-refractivity contribution in [2.75, 3.05) is 46.4 Å². The zero-order chi connectivity index (χ0) is 24.0. The minimum atomic E-state index is -1.42. The third-order valence-electron chi connectivity index (χ3n) is 9.50. The number of amides is 1. The number of Topliss-reactive ketones (excluding diaryl/α,β-unsaturated/α-hetero) is 1. The van der Waals surface area contributed by atoms with Gasteiger partial charge in [-0.2, -0.15) is 0 Å². The number of hydrogen-bond donors (Lipinski definition) is 0. The molecule has 1 aromatic rings. The van der Waals surface area contributed by atoms with Gasteiger partial charge in [-0.05, 0) is 49.3 Å². The molecule has 0 N–H and O–H groups in total. The normalized spacial score (nSPS) is 37.1. The number of carbonyl (C=O) groups is 3. The second kappa shape index (κ2) is 6.87. The van der Waals surface area contributed by atoms with Crippen LogP contribution >= 0.6 is 0 Å². The molecule has 182 valence electrons. The van der Waals surface area contributed by atoms with Crippen LogP contribution in [0.3, 0.4) is 0 Å². The first-order valence-corrected chi connectivity index (χ1v) is 11.9. The molecule has 0 radical (unpaired) electrons. The summed E-state index contributed by atoms with van der Waals surface area (Å²) >= 11 is 0. The van der Waals surface area contributed by atoms with Crippen molar-refractivity contribution in [2.45, 2.75) is 49.1 Å². The summed E-state index contributed by atoms with van der Waals surface area (Å²) in [5.41, 5.74) is -1.37. The van der Waals surface area contributed by atoms with E-state index in [4.69, 9.17) is 18.9 Å². The van der Waals surface area contributed by atoms with Crippen LogP contribution in [0.2, 0.25) is 0 Å². The Balaban J connectivity index is 1.77. The van der Waals surface area contributed by atoms with E-state index in [1.165, 1.54) is 33.3 Å². The highest BCUT2D eigenvalue weighted by Gasteiger charge is 2.84. The van der Waals surface area contributed by atoms with Gasteiger partial charge in [0.2, 0.25) is 0 Å². The lowest BCUT2D eigenvalue weighted by Gasteiger charge is -2.64. The Hall–Kier alpha value is -2.81. The van der Waals surface area contributed by atoms with Crippen molar-refractivity contribution in [1.82, 2.24) is 4.90 Å². The number of carbonyl (C=O) groups excluding carboxylic acids is 3. The fourth-order valence-corrected chi connectivity index (χ4v) is 8.72. The number of ether oxygens (including phenoxy) is 4. The Kier molecular flexibility index (Phi) is 4.39. The van der Waals surface area contributed by atoms with Crippen LogP contribution in [0.5, 0.6) is 11.5 Å². The molecule has 1 amide bonds. The van der Waals surface area contributed by atoms with Gasteiger partial charge in [-0.1, -0.05) is 6.07 Å². The Bertz CT molecular complexity index is 1120. The number of hydrogen-bond acceptors (Lipinski definition) is 8. The van der Waals surface area contributed by atoms with Crippen LogP contribution < -0.4 is 14.4 Å². The highest BCUT2D eigenvalue weighted by molar-refractivity contribution is 6.08. The zero-order valence-corrected chi connectivity index (χ0v) is 20.0. The van der Waals surface area contributed by atoms with E-state index in [1.807, 2.05) is 6.07 Å². The SMILES string of the molecule is COC(=O)N1c2c(ccc(OC)c2OC)[C@@]23C4CN5CCCC(CC[C@]12C(=O)OC)(CC4=O)[C@H]53. The Morgan fingerprint density at radius 1 is 1.03 bits per heavy atom. The maximum absolute atomic E-state index is 14.0. The summed E-state index contributed by atoms with van der Waals surface area (Å²) in [5, 5.41) is 0. The second-order valence-corrected chi connectivity index (χ2v) is 10.3. The predicted octanol–water partition coefficient (Wildman–Crippen LogP) is 2.29. The quantitative estimate of drug-likeness (QED) is 0.621. The van der Waals surface area contributed by atoms with Crippen molar-refractivity contribution < 1.29 is 33.3 Å². The first-order chi connectivity index (χ1) is 16.4. The van der Waals surface area contributed by atoms with Gasteiger partial charge >= 0.3 is 12.1 Å². The van der Waals surface area contributed by atoms with Crippen LogP contribution in [-0.4, -0.2) is 75.9 Å². The average molecular weight is 471 g/mol. The van der Waals surface area contributed by atoms with Crippen molar-refractivity contribution in [3.63, 3.8) is 0 Å². The van der Waals surface area contributed by atoms with E-state index in [2.05, 4.69) is 4.90 Å². The van der Waals surface area contributed by atoms with E-state index in [-0.39, 0.29) is 17.2 Å². The molecule has 4 bridgehead atoms. The minimum absolute atomic E-state index is 0.0594. The van der Waals surface area contributed by atoms with Crippen molar-refractivity contribution in [3.8, 4) is 11.5 Å². The average Bonchev–Trinajstić information content (AvgIpc) is 3.32. The number of nitrogens with zero attached hydrogens (tertiary/aromatic N) is 2. The fourth-order valence-electron chi connectivity index (χ4n) is 8.72. The summed E-state index contributed by atoms with van der Waals surface area (Å²) < 4.78 is 22.1. The Morgan fingerprint density at radius 3 is 2.50 bits per heavy atom. The van der Waals surface area contributed by atoms with E-state index in [1.54, 1.807) is 6.07 Å². The first kappa shape index (κ1) is 21.7. The molecule has 6 rings (SSSR count). The Labute approximate surface area is 198 Å². The van der Waals surface area contributed by atoms with Gasteiger partial charge in [-0.3, -0.25) is 14.6 Å². The summed E-state index contributed by atoms with van der Waals surface area (Å²) in [6.45, 7) is 1.45. The highest BCUT2D eigenvalue weighted by atomic mass is 16.6. The van der Waals surface area contributed by atoms with Crippen molar-refractivity contribution in [3.05, 3.63) is 17.7 Å². The molecule has 0 aromatic heterocycles. The third kappa shape index (κ3) is 2.06. The molecule has 1 aromatic carbocycles. The van der Waals surface area contributed by atoms with Crippen LogP contribution in [0.4, 0.5) is 10.5 Å². The van der Waals surface area contributed by atoms with Gasteiger partial charge in [0.05, 0.1) is 39.5 Å². The molecule has 9 heteroatoms. The molecule has 3 heterocycles. The molecule has 3 aliphatic heterocycles. The maximum Gasteiger partial charge on any atom is 0.415 e. The van der Waals surface area contributed by atoms with Crippen LogP contribution in [0.15, 0.2) is 12.1 Å². The number of ketones is 1. The lowest BCUT2D eigenvalue weighted by molar-refractivity contribution is -0.166. The molecule has 2 unspecified atom stereocenters. The molecule has 9 nitrogen and oxygen atoms in total. The number of rotatable bonds is 3. The monoisotopic (exact) mass is 470 g/mol. The molecule has 2 aliphatic carbocycles. The first-order valence-electron chi connectivity index (χ1n) is 11.9. The molecule has 4 fully saturated rings. The summed E-state index contributed by atoms with van der Waals surface area (Å²) in [6, 6.07) is 3.66. The van der Waals surface area contributed by atoms with Gasteiger partial charge in [-0.25, -0.2) is 9.59 Å². The summed E-state index contributed by atoms with van der Waals surface area (Å²) in [5.74, 6) is 0.00514. The molecular formula is C25H30N2O7. The molecule has 2 saturated carbocycles. The van der Waals surface area contributed by atoms with E-state index >= 15 is 0 Å².